The summed E-state index contributed by atoms with van der Waals surface area (Å²) >= 11 is 3.02. The second-order valence-corrected chi connectivity index (χ2v) is 6.97. The predicted octanol–water partition coefficient (Wildman–Crippen LogP) is 2.07. The lowest BCUT2D eigenvalue weighted by atomic mass is 10.2. The van der Waals surface area contributed by atoms with E-state index in [-0.39, 0.29) is 0 Å². The molecule has 2 rings (SSSR count). The van der Waals surface area contributed by atoms with Crippen LogP contribution < -0.4 is 16.4 Å². The summed E-state index contributed by atoms with van der Waals surface area (Å²) in [7, 11) is 0. The lowest BCUT2D eigenvalue weighted by Gasteiger charge is -2.26. The molecule has 4 N–H and O–H groups in total. The van der Waals surface area contributed by atoms with Gasteiger partial charge in [-0.2, -0.15) is 0 Å². The van der Waals surface area contributed by atoms with Crippen molar-refractivity contribution in [2.75, 3.05) is 43.1 Å². The highest BCUT2D eigenvalue weighted by Gasteiger charge is 2.30. The summed E-state index contributed by atoms with van der Waals surface area (Å²) in [4.78, 5) is 17.8. The molecule has 1 amide bonds. The van der Waals surface area contributed by atoms with Gasteiger partial charge in [0.2, 0.25) is 0 Å². The molecule has 5 nitrogen and oxygen atoms in total. The number of nitrogen functional groups attached to an aromatic ring is 1. The molecular formula is C14H24N4OS2. The topological polar surface area (TPSA) is 75.6 Å². The number of nitrogens with zero attached hydrogens (tertiary/aromatic N) is 2. The summed E-state index contributed by atoms with van der Waals surface area (Å²) in [6.45, 7) is 8.55. The van der Waals surface area contributed by atoms with Crippen LogP contribution in [-0.4, -0.2) is 49.3 Å². The third-order valence-electron chi connectivity index (χ3n) is 4.09. The van der Waals surface area contributed by atoms with Crippen molar-refractivity contribution in [2.45, 2.75) is 31.2 Å². The maximum atomic E-state index is 11.5. The van der Waals surface area contributed by atoms with Crippen molar-refractivity contribution in [1.82, 2.24) is 4.90 Å². The zero-order valence-electron chi connectivity index (χ0n) is 12.9. The first-order valence-electron chi connectivity index (χ1n) is 7.28. The number of rotatable bonds is 6. The van der Waals surface area contributed by atoms with Gasteiger partial charge in [-0.25, -0.2) is 0 Å². The molecule has 1 saturated heterocycles. The maximum Gasteiger partial charge on any atom is 0.261 e. The zero-order valence-corrected chi connectivity index (χ0v) is 14.5. The van der Waals surface area contributed by atoms with E-state index in [2.05, 4.69) is 23.6 Å². The van der Waals surface area contributed by atoms with Crippen molar-refractivity contribution < 1.29 is 4.79 Å². The molecule has 1 aliphatic heterocycles. The number of carbonyl (C=O) groups is 1. The van der Waals surface area contributed by atoms with E-state index in [1.165, 1.54) is 11.3 Å². The van der Waals surface area contributed by atoms with Gasteiger partial charge < -0.3 is 16.4 Å². The SMILES string of the molecule is CCN(CC)C1CCN(c2sc(C(N)=O)c(N)c2SC)C1. The molecule has 2 heterocycles. The lowest BCUT2D eigenvalue weighted by molar-refractivity contribution is 0.100. The van der Waals surface area contributed by atoms with Crippen LogP contribution in [0.25, 0.3) is 0 Å². The van der Waals surface area contributed by atoms with Crippen LogP contribution in [0.1, 0.15) is 29.9 Å². The van der Waals surface area contributed by atoms with Gasteiger partial charge in [-0.05, 0) is 25.8 Å². The molecule has 1 unspecified atom stereocenters. The zero-order chi connectivity index (χ0) is 15.6. The average molecular weight is 329 g/mol. The minimum atomic E-state index is -0.432. The number of likely N-dealkylation sites (N-methyl/N-ethyl adjacent to an activating group) is 1. The minimum absolute atomic E-state index is 0.432. The summed E-state index contributed by atoms with van der Waals surface area (Å²) in [6, 6.07) is 0.579. The standard InChI is InChI=1S/C14H24N4OS2/c1-4-17(5-2)9-6-7-18(8-9)14-12(20-3)10(15)11(21-14)13(16)19/h9H,4-8,15H2,1-3H3,(H2,16,19). The Morgan fingerprint density at radius 1 is 1.48 bits per heavy atom. The summed E-state index contributed by atoms with van der Waals surface area (Å²) < 4.78 is 0. The van der Waals surface area contributed by atoms with E-state index in [0.717, 1.165) is 42.5 Å². The van der Waals surface area contributed by atoms with E-state index in [9.17, 15) is 4.79 Å². The molecule has 0 spiro atoms. The lowest BCUT2D eigenvalue weighted by Crippen LogP contribution is -2.37. The molecule has 7 heteroatoms. The summed E-state index contributed by atoms with van der Waals surface area (Å²) in [5, 5.41) is 1.10. The summed E-state index contributed by atoms with van der Waals surface area (Å²) in [5.41, 5.74) is 12.0. The molecule has 1 aromatic rings. The highest BCUT2D eigenvalue weighted by atomic mass is 32.2. The van der Waals surface area contributed by atoms with Gasteiger partial charge in [0.25, 0.3) is 5.91 Å². The molecule has 118 valence electrons. The molecule has 1 atom stereocenters. The summed E-state index contributed by atoms with van der Waals surface area (Å²) in [5.74, 6) is -0.432. The van der Waals surface area contributed by atoms with E-state index in [0.29, 0.717) is 16.6 Å². The van der Waals surface area contributed by atoms with Crippen LogP contribution in [0.4, 0.5) is 10.7 Å². The van der Waals surface area contributed by atoms with Crippen molar-refractivity contribution in [3.63, 3.8) is 0 Å². The first kappa shape index (κ1) is 16.5. The fourth-order valence-corrected chi connectivity index (χ4v) is 5.04. The van der Waals surface area contributed by atoms with Crippen LogP contribution in [0.15, 0.2) is 4.90 Å². The highest BCUT2D eigenvalue weighted by Crippen LogP contribution is 2.44. The smallest absolute Gasteiger partial charge is 0.261 e. The Bertz CT molecular complexity index is 513. The number of hydrogen-bond acceptors (Lipinski definition) is 6. The number of hydrogen-bond donors (Lipinski definition) is 2. The largest absolute Gasteiger partial charge is 0.396 e. The van der Waals surface area contributed by atoms with E-state index in [1.807, 2.05) is 6.26 Å². The number of amides is 1. The Morgan fingerprint density at radius 2 is 2.14 bits per heavy atom. The average Bonchev–Trinajstić information content (AvgIpc) is 3.04. The first-order valence-corrected chi connectivity index (χ1v) is 9.32. The number of thioether (sulfide) groups is 1. The van der Waals surface area contributed by atoms with Crippen molar-refractivity contribution >= 4 is 39.7 Å². The number of primary amides is 1. The van der Waals surface area contributed by atoms with Crippen LogP contribution in [0.2, 0.25) is 0 Å². The third kappa shape index (κ3) is 3.14. The van der Waals surface area contributed by atoms with Gasteiger partial charge in [0.05, 0.1) is 10.6 Å². The molecule has 0 aliphatic carbocycles. The van der Waals surface area contributed by atoms with E-state index in [4.69, 9.17) is 11.5 Å². The highest BCUT2D eigenvalue weighted by molar-refractivity contribution is 7.99. The second-order valence-electron chi connectivity index (χ2n) is 5.16. The van der Waals surface area contributed by atoms with E-state index >= 15 is 0 Å². The van der Waals surface area contributed by atoms with Crippen LogP contribution >= 0.6 is 23.1 Å². The molecule has 1 aliphatic rings. The van der Waals surface area contributed by atoms with Gasteiger partial charge in [-0.1, -0.05) is 13.8 Å². The Morgan fingerprint density at radius 3 is 2.67 bits per heavy atom. The molecule has 21 heavy (non-hydrogen) atoms. The fraction of sp³-hybridized carbons (Fsp3) is 0.643. The van der Waals surface area contributed by atoms with Crippen LogP contribution in [0.3, 0.4) is 0 Å². The molecule has 0 saturated carbocycles. The minimum Gasteiger partial charge on any atom is -0.396 e. The van der Waals surface area contributed by atoms with Crippen molar-refractivity contribution in [3.05, 3.63) is 4.88 Å². The molecule has 0 bridgehead atoms. The van der Waals surface area contributed by atoms with Crippen molar-refractivity contribution in [2.24, 2.45) is 5.73 Å². The van der Waals surface area contributed by atoms with E-state index < -0.39 is 5.91 Å². The molecule has 0 aromatic carbocycles. The van der Waals surface area contributed by atoms with Crippen LogP contribution in [0.5, 0.6) is 0 Å². The quantitative estimate of drug-likeness (QED) is 0.782. The first-order chi connectivity index (χ1) is 10.0. The Labute approximate surface area is 134 Å². The number of nitrogens with two attached hydrogens (primary N) is 2. The Hall–Kier alpha value is -0.920. The van der Waals surface area contributed by atoms with Gasteiger partial charge in [-0.15, -0.1) is 23.1 Å². The number of carbonyl (C=O) groups excluding carboxylic acids is 1. The predicted molar refractivity (Wildman–Crippen MR) is 92.6 cm³/mol. The fourth-order valence-electron chi connectivity index (χ4n) is 2.97. The van der Waals surface area contributed by atoms with Gasteiger partial charge in [0.15, 0.2) is 0 Å². The van der Waals surface area contributed by atoms with Gasteiger partial charge in [-0.3, -0.25) is 9.69 Å². The number of thiophene rings is 1. The second kappa shape index (κ2) is 6.89. The Balaban J connectivity index is 2.23. The third-order valence-corrected chi connectivity index (χ3v) is 6.32. The molecule has 1 aromatic heterocycles. The Kier molecular flexibility index (Phi) is 5.40. The van der Waals surface area contributed by atoms with Gasteiger partial charge >= 0.3 is 0 Å². The molecular weight excluding hydrogens is 304 g/mol. The van der Waals surface area contributed by atoms with Crippen molar-refractivity contribution in [1.29, 1.82) is 0 Å². The monoisotopic (exact) mass is 328 g/mol. The van der Waals surface area contributed by atoms with E-state index in [1.54, 1.807) is 11.8 Å². The molecule has 0 radical (unpaired) electrons. The molecule has 1 fully saturated rings. The van der Waals surface area contributed by atoms with Gasteiger partial charge in [0.1, 0.15) is 9.88 Å². The van der Waals surface area contributed by atoms with Crippen molar-refractivity contribution in [3.8, 4) is 0 Å². The van der Waals surface area contributed by atoms with Crippen LogP contribution in [-0.2, 0) is 0 Å². The maximum absolute atomic E-state index is 11.5. The number of anilines is 2. The summed E-state index contributed by atoms with van der Waals surface area (Å²) in [6.07, 6.45) is 3.14. The van der Waals surface area contributed by atoms with Gasteiger partial charge in [0, 0.05) is 19.1 Å². The van der Waals surface area contributed by atoms with Crippen LogP contribution in [0, 0.1) is 0 Å². The normalized spacial score (nSPS) is 18.7.